The summed E-state index contributed by atoms with van der Waals surface area (Å²) in [5.74, 6) is 2.47. The van der Waals surface area contributed by atoms with E-state index in [-0.39, 0.29) is 0 Å². The highest BCUT2D eigenvalue weighted by molar-refractivity contribution is 5.35. The maximum Gasteiger partial charge on any atom is 0.129 e. The van der Waals surface area contributed by atoms with Crippen LogP contribution in [0, 0.1) is 13.8 Å². The van der Waals surface area contributed by atoms with Gasteiger partial charge in [-0.25, -0.2) is 9.97 Å². The largest absolute Gasteiger partial charge is 0.497 e. The number of nitrogens with one attached hydrogen (secondary N) is 1. The smallest absolute Gasteiger partial charge is 0.129 e. The van der Waals surface area contributed by atoms with Gasteiger partial charge in [0.25, 0.3) is 0 Å². The maximum atomic E-state index is 5.63. The molecule has 0 atom stereocenters. The van der Waals surface area contributed by atoms with Gasteiger partial charge in [-0.1, -0.05) is 12.1 Å². The molecule has 2 rings (SSSR count). The highest BCUT2D eigenvalue weighted by atomic mass is 16.5. The van der Waals surface area contributed by atoms with Crippen LogP contribution in [-0.4, -0.2) is 30.2 Å². The van der Waals surface area contributed by atoms with Crippen LogP contribution in [0.3, 0.4) is 0 Å². The number of methoxy groups -OCH3 is 1. The molecule has 0 aliphatic rings. The third kappa shape index (κ3) is 5.04. The van der Waals surface area contributed by atoms with Crippen molar-refractivity contribution in [3.05, 3.63) is 47.4 Å². The van der Waals surface area contributed by atoms with E-state index in [1.165, 1.54) is 0 Å². The molecule has 5 heteroatoms. The second kappa shape index (κ2) is 7.59. The molecule has 0 aliphatic carbocycles. The van der Waals surface area contributed by atoms with Crippen LogP contribution in [0.1, 0.15) is 17.1 Å². The van der Waals surface area contributed by atoms with E-state index >= 15 is 0 Å². The molecule has 1 N–H and O–H groups in total. The van der Waals surface area contributed by atoms with E-state index in [0.717, 1.165) is 28.6 Å². The second-order valence-corrected chi connectivity index (χ2v) is 4.77. The summed E-state index contributed by atoms with van der Waals surface area (Å²) in [7, 11) is 1.66. The third-order valence-corrected chi connectivity index (χ3v) is 2.95. The number of anilines is 1. The lowest BCUT2D eigenvalue weighted by molar-refractivity contribution is 0.130. The van der Waals surface area contributed by atoms with Gasteiger partial charge >= 0.3 is 0 Å². The summed E-state index contributed by atoms with van der Waals surface area (Å²) in [6, 6.07) is 9.80. The summed E-state index contributed by atoms with van der Waals surface area (Å²) in [6.07, 6.45) is 0. The number of hydrogen-bond acceptors (Lipinski definition) is 5. The molecule has 1 aromatic carbocycles. The van der Waals surface area contributed by atoms with Gasteiger partial charge in [-0.15, -0.1) is 0 Å². The Bertz CT molecular complexity index is 550. The molecule has 0 amide bonds. The molecule has 1 heterocycles. The molecule has 0 fully saturated rings. The average molecular weight is 287 g/mol. The van der Waals surface area contributed by atoms with E-state index in [1.807, 2.05) is 44.2 Å². The zero-order valence-corrected chi connectivity index (χ0v) is 12.7. The minimum atomic E-state index is 0.591. The van der Waals surface area contributed by atoms with Crippen LogP contribution in [0.2, 0.25) is 0 Å². The van der Waals surface area contributed by atoms with Crippen molar-refractivity contribution in [2.75, 3.05) is 25.6 Å². The van der Waals surface area contributed by atoms with Crippen molar-refractivity contribution in [1.82, 2.24) is 9.97 Å². The normalized spacial score (nSPS) is 10.4. The molecule has 2 aromatic rings. The van der Waals surface area contributed by atoms with E-state index in [9.17, 15) is 0 Å². The Balaban J connectivity index is 1.69. The lowest BCUT2D eigenvalue weighted by Crippen LogP contribution is -2.11. The highest BCUT2D eigenvalue weighted by Crippen LogP contribution is 2.12. The minimum absolute atomic E-state index is 0.591. The number of hydrogen-bond donors (Lipinski definition) is 1. The Hall–Kier alpha value is -2.14. The van der Waals surface area contributed by atoms with E-state index in [4.69, 9.17) is 9.47 Å². The van der Waals surface area contributed by atoms with Gasteiger partial charge < -0.3 is 14.8 Å². The van der Waals surface area contributed by atoms with Crippen molar-refractivity contribution in [2.24, 2.45) is 0 Å². The molecule has 112 valence electrons. The summed E-state index contributed by atoms with van der Waals surface area (Å²) < 4.78 is 10.7. The summed E-state index contributed by atoms with van der Waals surface area (Å²) in [5.41, 5.74) is 2.09. The van der Waals surface area contributed by atoms with Gasteiger partial charge in [-0.3, -0.25) is 0 Å². The first-order valence-electron chi connectivity index (χ1n) is 6.94. The van der Waals surface area contributed by atoms with Crippen LogP contribution in [-0.2, 0) is 11.3 Å². The molecule has 0 aliphatic heterocycles. The third-order valence-electron chi connectivity index (χ3n) is 2.95. The first-order chi connectivity index (χ1) is 10.2. The predicted molar refractivity (Wildman–Crippen MR) is 82.6 cm³/mol. The fourth-order valence-electron chi connectivity index (χ4n) is 1.97. The lowest BCUT2D eigenvalue weighted by atomic mass is 10.2. The van der Waals surface area contributed by atoms with Gasteiger partial charge in [-0.2, -0.15) is 0 Å². The average Bonchev–Trinajstić information content (AvgIpc) is 2.46. The number of aromatic nitrogens is 2. The van der Waals surface area contributed by atoms with Crippen LogP contribution in [0.4, 0.5) is 5.82 Å². The molecule has 0 unspecified atom stereocenters. The molecule has 5 nitrogen and oxygen atoms in total. The topological polar surface area (TPSA) is 56.3 Å². The van der Waals surface area contributed by atoms with E-state index in [1.54, 1.807) is 7.11 Å². The van der Waals surface area contributed by atoms with Crippen molar-refractivity contribution in [3.8, 4) is 5.75 Å². The van der Waals surface area contributed by atoms with Gasteiger partial charge in [0.05, 0.1) is 20.3 Å². The van der Waals surface area contributed by atoms with Crippen LogP contribution < -0.4 is 10.1 Å². The highest BCUT2D eigenvalue weighted by Gasteiger charge is 1.98. The quantitative estimate of drug-likeness (QED) is 0.794. The predicted octanol–water partition coefficient (Wildman–Crippen LogP) is 2.73. The first-order valence-corrected chi connectivity index (χ1v) is 6.94. The fraction of sp³-hybridized carbons (Fsp3) is 0.375. The molecule has 0 spiro atoms. The molecule has 21 heavy (non-hydrogen) atoms. The van der Waals surface area contributed by atoms with Crippen molar-refractivity contribution in [2.45, 2.75) is 20.5 Å². The Morgan fingerprint density at radius 1 is 1.10 bits per heavy atom. The van der Waals surface area contributed by atoms with Crippen molar-refractivity contribution in [3.63, 3.8) is 0 Å². The number of aryl methyl sites for hydroxylation is 2. The summed E-state index contributed by atoms with van der Waals surface area (Å²) in [6.45, 7) is 5.77. The molecule has 0 saturated heterocycles. The summed E-state index contributed by atoms with van der Waals surface area (Å²) >= 11 is 0. The van der Waals surface area contributed by atoms with Crippen LogP contribution in [0.25, 0.3) is 0 Å². The maximum absolute atomic E-state index is 5.63. The fourth-order valence-corrected chi connectivity index (χ4v) is 1.97. The van der Waals surface area contributed by atoms with Crippen LogP contribution in [0.5, 0.6) is 5.75 Å². The van der Waals surface area contributed by atoms with Crippen molar-refractivity contribution >= 4 is 5.82 Å². The Kier molecular flexibility index (Phi) is 5.51. The number of ether oxygens (including phenoxy) is 2. The Labute approximate surface area is 125 Å². The van der Waals surface area contributed by atoms with Crippen molar-refractivity contribution in [1.29, 1.82) is 0 Å². The van der Waals surface area contributed by atoms with Gasteiger partial charge in [0.1, 0.15) is 17.4 Å². The molecule has 0 radical (unpaired) electrons. The van der Waals surface area contributed by atoms with E-state index < -0.39 is 0 Å². The van der Waals surface area contributed by atoms with E-state index in [2.05, 4.69) is 15.3 Å². The van der Waals surface area contributed by atoms with Gasteiger partial charge in [0.2, 0.25) is 0 Å². The second-order valence-electron chi connectivity index (χ2n) is 4.77. The Morgan fingerprint density at radius 3 is 2.52 bits per heavy atom. The zero-order chi connectivity index (χ0) is 15.1. The van der Waals surface area contributed by atoms with Gasteiger partial charge in [-0.05, 0) is 31.5 Å². The van der Waals surface area contributed by atoms with Gasteiger partial charge in [0, 0.05) is 18.3 Å². The van der Waals surface area contributed by atoms with Gasteiger partial charge in [0.15, 0.2) is 0 Å². The SMILES string of the molecule is COc1ccc(COCCNc2cc(C)nc(C)n2)cc1. The molecular formula is C16H21N3O2. The van der Waals surface area contributed by atoms with E-state index in [0.29, 0.717) is 19.8 Å². The summed E-state index contributed by atoms with van der Waals surface area (Å²) in [5, 5.41) is 3.23. The monoisotopic (exact) mass is 287 g/mol. The molecular weight excluding hydrogens is 266 g/mol. The van der Waals surface area contributed by atoms with Crippen molar-refractivity contribution < 1.29 is 9.47 Å². The Morgan fingerprint density at radius 2 is 1.86 bits per heavy atom. The molecule has 1 aromatic heterocycles. The number of nitrogens with zero attached hydrogens (tertiary/aromatic N) is 2. The van der Waals surface area contributed by atoms with Crippen LogP contribution >= 0.6 is 0 Å². The minimum Gasteiger partial charge on any atom is -0.497 e. The molecule has 0 bridgehead atoms. The first kappa shape index (κ1) is 15.3. The standard InChI is InChI=1S/C16H21N3O2/c1-12-10-16(19-13(2)18-12)17-8-9-21-11-14-4-6-15(20-3)7-5-14/h4-7,10H,8-9,11H2,1-3H3,(H,17,18,19). The zero-order valence-electron chi connectivity index (χ0n) is 12.7. The lowest BCUT2D eigenvalue weighted by Gasteiger charge is -2.08. The number of rotatable bonds is 7. The van der Waals surface area contributed by atoms with Crippen LogP contribution in [0.15, 0.2) is 30.3 Å². The molecule has 0 saturated carbocycles. The number of benzene rings is 1. The summed E-state index contributed by atoms with van der Waals surface area (Å²) in [4.78, 5) is 8.56.